The first kappa shape index (κ1) is 11.3. The van der Waals surface area contributed by atoms with E-state index in [4.69, 9.17) is 17.0 Å². The second-order valence-corrected chi connectivity index (χ2v) is 3.49. The molecule has 0 saturated heterocycles. The minimum atomic E-state index is -0.662. The van der Waals surface area contributed by atoms with Gasteiger partial charge in [0.15, 0.2) is 5.82 Å². The van der Waals surface area contributed by atoms with Crippen molar-refractivity contribution in [2.75, 3.05) is 5.06 Å². The maximum absolute atomic E-state index is 10.6. The number of aromatic amines is 1. The molecule has 0 bridgehead atoms. The summed E-state index contributed by atoms with van der Waals surface area (Å²) in [5, 5.41) is 33.3. The minimum Gasteiger partial charge on any atom is -0.280 e. The van der Waals surface area contributed by atoms with Gasteiger partial charge in [0.1, 0.15) is 0 Å². The highest BCUT2D eigenvalue weighted by molar-refractivity contribution is 6.66. The number of non-ortho nitro benzene ring substituents is 1. The summed E-state index contributed by atoms with van der Waals surface area (Å²) in [5.74, 6) is -0.0660. The fraction of sp³-hybridized carbons (Fsp3) is 0. The van der Waals surface area contributed by atoms with Crippen molar-refractivity contribution in [3.05, 3.63) is 28.3 Å². The van der Waals surface area contributed by atoms with E-state index < -0.39 is 10.2 Å². The van der Waals surface area contributed by atoms with Crippen molar-refractivity contribution in [1.29, 1.82) is 5.41 Å². The van der Waals surface area contributed by atoms with E-state index in [0.29, 0.717) is 16.0 Å². The molecular weight excluding hydrogens is 250 g/mol. The van der Waals surface area contributed by atoms with Crippen LogP contribution in [0.4, 0.5) is 11.5 Å². The topological polar surface area (TPSA) is 119 Å². The summed E-state index contributed by atoms with van der Waals surface area (Å²) in [7, 11) is 0. The van der Waals surface area contributed by atoms with Gasteiger partial charge in [0.2, 0.25) is 5.29 Å². The Morgan fingerprint density at radius 3 is 2.94 bits per heavy atom. The van der Waals surface area contributed by atoms with E-state index in [2.05, 4.69) is 10.2 Å². The molecule has 9 heteroatoms. The van der Waals surface area contributed by atoms with E-state index in [0.717, 1.165) is 0 Å². The fourth-order valence-electron chi connectivity index (χ4n) is 1.36. The molecule has 0 aliphatic rings. The molecule has 88 valence electrons. The molecule has 1 aromatic heterocycles. The zero-order valence-corrected chi connectivity index (χ0v) is 8.97. The maximum atomic E-state index is 10.6. The van der Waals surface area contributed by atoms with Gasteiger partial charge in [-0.05, 0) is 17.7 Å². The summed E-state index contributed by atoms with van der Waals surface area (Å²) >= 11 is 5.29. The molecule has 1 aromatic carbocycles. The average molecular weight is 256 g/mol. The van der Waals surface area contributed by atoms with Gasteiger partial charge in [-0.2, -0.15) is 10.2 Å². The van der Waals surface area contributed by atoms with Crippen molar-refractivity contribution in [2.45, 2.75) is 0 Å². The molecule has 0 saturated carbocycles. The summed E-state index contributed by atoms with van der Waals surface area (Å²) in [4.78, 5) is 10.0. The number of hydrogen-bond acceptors (Lipinski definition) is 5. The lowest BCUT2D eigenvalue weighted by Crippen LogP contribution is -2.21. The third kappa shape index (κ3) is 1.90. The van der Waals surface area contributed by atoms with Crippen LogP contribution < -0.4 is 5.06 Å². The lowest BCUT2D eigenvalue weighted by Gasteiger charge is -2.09. The predicted molar refractivity (Wildman–Crippen MR) is 60.6 cm³/mol. The van der Waals surface area contributed by atoms with Gasteiger partial charge in [-0.15, -0.1) is 0 Å². The number of nitrogens with one attached hydrogen (secondary N) is 2. The van der Waals surface area contributed by atoms with Crippen LogP contribution in [0, 0.1) is 15.5 Å². The van der Waals surface area contributed by atoms with Crippen LogP contribution in [-0.4, -0.2) is 25.6 Å². The fourth-order valence-corrected chi connectivity index (χ4v) is 1.44. The summed E-state index contributed by atoms with van der Waals surface area (Å²) in [6.45, 7) is 0. The van der Waals surface area contributed by atoms with Gasteiger partial charge < -0.3 is 0 Å². The van der Waals surface area contributed by atoms with Gasteiger partial charge in [0, 0.05) is 12.1 Å². The zero-order chi connectivity index (χ0) is 12.6. The monoisotopic (exact) mass is 255 g/mol. The Hall–Kier alpha value is -2.19. The number of rotatable bonds is 2. The molecule has 0 unspecified atom stereocenters. The summed E-state index contributed by atoms with van der Waals surface area (Å²) in [6.07, 6.45) is 0. The second kappa shape index (κ2) is 4.00. The van der Waals surface area contributed by atoms with E-state index >= 15 is 0 Å². The molecule has 0 aliphatic heterocycles. The van der Waals surface area contributed by atoms with Crippen LogP contribution in [-0.2, 0) is 0 Å². The third-order valence-corrected chi connectivity index (χ3v) is 2.28. The van der Waals surface area contributed by atoms with E-state index in [1.54, 1.807) is 0 Å². The molecule has 0 fully saturated rings. The first-order valence-electron chi connectivity index (χ1n) is 4.36. The number of aromatic nitrogens is 2. The molecule has 0 spiro atoms. The Bertz CT molecular complexity index is 610. The number of fused-ring (bicyclic) bond motifs is 1. The van der Waals surface area contributed by atoms with E-state index in [-0.39, 0.29) is 11.5 Å². The lowest BCUT2D eigenvalue weighted by atomic mass is 10.2. The molecule has 0 amide bonds. The first-order chi connectivity index (χ1) is 8.00. The average Bonchev–Trinajstić information content (AvgIpc) is 2.70. The van der Waals surface area contributed by atoms with Crippen molar-refractivity contribution in [3.8, 4) is 0 Å². The number of benzene rings is 1. The second-order valence-electron chi connectivity index (χ2n) is 3.14. The number of hydroxylamine groups is 1. The number of nitro groups is 1. The number of hydrogen-bond donors (Lipinski definition) is 3. The number of halogens is 1. The Kier molecular flexibility index (Phi) is 2.66. The maximum Gasteiger partial charge on any atom is 0.270 e. The van der Waals surface area contributed by atoms with Gasteiger partial charge in [-0.1, -0.05) is 0 Å². The molecule has 8 nitrogen and oxygen atoms in total. The van der Waals surface area contributed by atoms with Crippen molar-refractivity contribution in [2.24, 2.45) is 0 Å². The van der Waals surface area contributed by atoms with E-state index in [1.807, 2.05) is 0 Å². The molecule has 2 rings (SSSR count). The number of H-pyrrole nitrogens is 1. The highest BCUT2D eigenvalue weighted by Gasteiger charge is 2.17. The number of anilines is 1. The van der Waals surface area contributed by atoms with Crippen LogP contribution in [0.25, 0.3) is 10.9 Å². The van der Waals surface area contributed by atoms with E-state index in [9.17, 15) is 15.3 Å². The van der Waals surface area contributed by atoms with Gasteiger partial charge >= 0.3 is 0 Å². The first-order valence-corrected chi connectivity index (χ1v) is 4.74. The van der Waals surface area contributed by atoms with Crippen LogP contribution in [0.15, 0.2) is 18.2 Å². The molecule has 0 aliphatic carbocycles. The van der Waals surface area contributed by atoms with Gasteiger partial charge in [0.05, 0.1) is 15.8 Å². The standard InChI is InChI=1S/C8H6ClN5O3/c9-8(10)13(15)7-5-3-4(14(16)17)1-2-6(5)11-12-7/h1-3,10,15H,(H,11,12). The minimum absolute atomic E-state index is 0.0660. The Balaban J connectivity index is 2.61. The molecule has 0 atom stereocenters. The molecule has 17 heavy (non-hydrogen) atoms. The number of nitro benzene ring substituents is 1. The van der Waals surface area contributed by atoms with Gasteiger partial charge in [-0.25, -0.2) is 0 Å². The molecule has 1 heterocycles. The number of amidine groups is 1. The summed E-state index contributed by atoms with van der Waals surface area (Å²) in [5.41, 5.74) is 0.345. The Labute approximate surface area is 99.0 Å². The number of nitrogens with zero attached hydrogens (tertiary/aromatic N) is 3. The zero-order valence-electron chi connectivity index (χ0n) is 8.22. The molecular formula is C8H6ClN5O3. The lowest BCUT2D eigenvalue weighted by molar-refractivity contribution is -0.384. The van der Waals surface area contributed by atoms with Crippen LogP contribution >= 0.6 is 11.6 Å². The largest absolute Gasteiger partial charge is 0.280 e. The predicted octanol–water partition coefficient (Wildman–Crippen LogP) is 1.84. The SMILES string of the molecule is N=C(Cl)N(O)c1n[nH]c2ccc([N+](=O)[O-])cc12. The van der Waals surface area contributed by atoms with Crippen LogP contribution in [0.3, 0.4) is 0 Å². The molecule has 2 aromatic rings. The highest BCUT2D eigenvalue weighted by Crippen LogP contribution is 2.27. The molecule has 3 N–H and O–H groups in total. The molecule has 0 radical (unpaired) electrons. The van der Waals surface area contributed by atoms with Crippen LogP contribution in [0.2, 0.25) is 0 Å². The normalized spacial score (nSPS) is 10.5. The van der Waals surface area contributed by atoms with Crippen molar-refractivity contribution in [1.82, 2.24) is 10.2 Å². The van der Waals surface area contributed by atoms with Gasteiger partial charge in [-0.3, -0.25) is 25.8 Å². The van der Waals surface area contributed by atoms with Gasteiger partial charge in [0.25, 0.3) is 5.69 Å². The Morgan fingerprint density at radius 1 is 1.65 bits per heavy atom. The van der Waals surface area contributed by atoms with Crippen molar-refractivity contribution >= 4 is 39.3 Å². The smallest absolute Gasteiger partial charge is 0.270 e. The van der Waals surface area contributed by atoms with Crippen molar-refractivity contribution in [3.63, 3.8) is 0 Å². The highest BCUT2D eigenvalue weighted by atomic mass is 35.5. The third-order valence-electron chi connectivity index (χ3n) is 2.12. The van der Waals surface area contributed by atoms with Crippen LogP contribution in [0.5, 0.6) is 0 Å². The Morgan fingerprint density at radius 2 is 2.35 bits per heavy atom. The van der Waals surface area contributed by atoms with Crippen molar-refractivity contribution < 1.29 is 10.1 Å². The summed E-state index contributed by atoms with van der Waals surface area (Å²) < 4.78 is 0. The van der Waals surface area contributed by atoms with Crippen LogP contribution in [0.1, 0.15) is 0 Å². The summed E-state index contributed by atoms with van der Waals surface area (Å²) in [6, 6.07) is 3.99. The van der Waals surface area contributed by atoms with E-state index in [1.165, 1.54) is 18.2 Å². The quantitative estimate of drug-likeness (QED) is 0.249.